The zero-order valence-electron chi connectivity index (χ0n) is 10.9. The fourth-order valence-corrected chi connectivity index (χ4v) is 1.89. The number of halogens is 1. The molecule has 0 aliphatic heterocycles. The third-order valence-electron chi connectivity index (χ3n) is 2.63. The van der Waals surface area contributed by atoms with Gasteiger partial charge in [0, 0.05) is 5.69 Å². The number of nitrogens with one attached hydrogen (secondary N) is 2. The van der Waals surface area contributed by atoms with Crippen LogP contribution < -0.4 is 10.6 Å². The van der Waals surface area contributed by atoms with Crippen molar-refractivity contribution in [3.63, 3.8) is 0 Å². The maximum atomic E-state index is 11.7. The number of furan rings is 1. The standard InChI is InChI=1S/C14H13BrN2O4/c15-12-6-5-11(21-12)14(20)16-7-13(19)17-10-3-1-9(8-18)2-4-10/h1-6,18H,7-8H2,(H,16,20)(H,17,19). The predicted molar refractivity (Wildman–Crippen MR) is 79.7 cm³/mol. The average molecular weight is 353 g/mol. The number of carbonyl (C=O) groups is 2. The molecule has 2 aromatic rings. The SMILES string of the molecule is O=C(CNC(=O)c1ccc(Br)o1)Nc1ccc(CO)cc1. The summed E-state index contributed by atoms with van der Waals surface area (Å²) in [5, 5.41) is 14.0. The molecule has 0 saturated carbocycles. The van der Waals surface area contributed by atoms with Crippen LogP contribution in [0.15, 0.2) is 45.5 Å². The van der Waals surface area contributed by atoms with E-state index in [4.69, 9.17) is 9.52 Å². The smallest absolute Gasteiger partial charge is 0.287 e. The van der Waals surface area contributed by atoms with Crippen molar-refractivity contribution in [3.05, 3.63) is 52.4 Å². The fraction of sp³-hybridized carbons (Fsp3) is 0.143. The van der Waals surface area contributed by atoms with E-state index in [1.165, 1.54) is 6.07 Å². The molecule has 6 nitrogen and oxygen atoms in total. The van der Waals surface area contributed by atoms with Gasteiger partial charge < -0.3 is 20.2 Å². The Morgan fingerprint density at radius 3 is 2.43 bits per heavy atom. The predicted octanol–water partition coefficient (Wildman–Crippen LogP) is 1.90. The molecule has 0 unspecified atom stereocenters. The Kier molecular flexibility index (Phi) is 5.13. The molecule has 0 spiro atoms. The summed E-state index contributed by atoms with van der Waals surface area (Å²) in [6.07, 6.45) is 0. The molecule has 2 amide bonds. The normalized spacial score (nSPS) is 10.2. The van der Waals surface area contributed by atoms with Gasteiger partial charge in [-0.15, -0.1) is 0 Å². The van der Waals surface area contributed by atoms with E-state index in [2.05, 4.69) is 26.6 Å². The van der Waals surface area contributed by atoms with Crippen LogP contribution in [0.2, 0.25) is 0 Å². The summed E-state index contributed by atoms with van der Waals surface area (Å²) in [5.41, 5.74) is 1.34. The molecule has 3 N–H and O–H groups in total. The van der Waals surface area contributed by atoms with Crippen LogP contribution >= 0.6 is 15.9 Å². The summed E-state index contributed by atoms with van der Waals surface area (Å²) in [4.78, 5) is 23.4. The Balaban J connectivity index is 1.82. The van der Waals surface area contributed by atoms with Gasteiger partial charge in [-0.3, -0.25) is 9.59 Å². The van der Waals surface area contributed by atoms with Crippen LogP contribution in [0.4, 0.5) is 5.69 Å². The highest BCUT2D eigenvalue weighted by Crippen LogP contribution is 2.13. The summed E-state index contributed by atoms with van der Waals surface area (Å²) in [7, 11) is 0. The maximum Gasteiger partial charge on any atom is 0.287 e. The lowest BCUT2D eigenvalue weighted by Gasteiger charge is -2.06. The monoisotopic (exact) mass is 352 g/mol. The molecule has 0 atom stereocenters. The summed E-state index contributed by atoms with van der Waals surface area (Å²) < 4.78 is 5.52. The quantitative estimate of drug-likeness (QED) is 0.766. The van der Waals surface area contributed by atoms with Crippen LogP contribution in [-0.4, -0.2) is 23.5 Å². The zero-order valence-corrected chi connectivity index (χ0v) is 12.5. The lowest BCUT2D eigenvalue weighted by molar-refractivity contribution is -0.115. The lowest BCUT2D eigenvalue weighted by Crippen LogP contribution is -2.32. The Morgan fingerprint density at radius 2 is 1.86 bits per heavy atom. The van der Waals surface area contributed by atoms with Gasteiger partial charge in [0.25, 0.3) is 5.91 Å². The first-order valence-corrected chi connectivity index (χ1v) is 6.91. The second kappa shape index (κ2) is 7.05. The van der Waals surface area contributed by atoms with Crippen molar-refractivity contribution >= 4 is 33.4 Å². The number of hydrogen-bond acceptors (Lipinski definition) is 4. The van der Waals surface area contributed by atoms with Crippen molar-refractivity contribution in [3.8, 4) is 0 Å². The minimum absolute atomic E-state index is 0.0526. The van der Waals surface area contributed by atoms with Gasteiger partial charge in [-0.2, -0.15) is 0 Å². The van der Waals surface area contributed by atoms with Gasteiger partial charge >= 0.3 is 0 Å². The van der Waals surface area contributed by atoms with Crippen LogP contribution in [-0.2, 0) is 11.4 Å². The maximum absolute atomic E-state index is 11.7. The Bertz CT molecular complexity index is 637. The van der Waals surface area contributed by atoms with Crippen molar-refractivity contribution in [2.45, 2.75) is 6.61 Å². The van der Waals surface area contributed by atoms with E-state index in [1.807, 2.05) is 0 Å². The first-order valence-electron chi connectivity index (χ1n) is 6.11. The van der Waals surface area contributed by atoms with E-state index < -0.39 is 5.91 Å². The number of carbonyl (C=O) groups excluding carboxylic acids is 2. The minimum Gasteiger partial charge on any atom is -0.444 e. The fourth-order valence-electron chi connectivity index (χ4n) is 1.58. The molecule has 0 saturated heterocycles. The van der Waals surface area contributed by atoms with E-state index in [0.29, 0.717) is 10.4 Å². The molecule has 7 heteroatoms. The van der Waals surface area contributed by atoms with Gasteiger partial charge in [0.15, 0.2) is 10.4 Å². The second-order valence-corrected chi connectivity index (χ2v) is 4.97. The summed E-state index contributed by atoms with van der Waals surface area (Å²) in [6.45, 7) is -0.220. The molecule has 0 fully saturated rings. The molecule has 21 heavy (non-hydrogen) atoms. The number of anilines is 1. The molecular formula is C14H13BrN2O4. The third kappa shape index (κ3) is 4.44. The molecule has 2 rings (SSSR count). The van der Waals surface area contributed by atoms with Crippen molar-refractivity contribution in [2.24, 2.45) is 0 Å². The Morgan fingerprint density at radius 1 is 1.14 bits per heavy atom. The third-order valence-corrected chi connectivity index (χ3v) is 3.05. The molecule has 0 aliphatic carbocycles. The number of aliphatic hydroxyl groups is 1. The molecule has 1 aromatic carbocycles. The zero-order chi connectivity index (χ0) is 15.2. The topological polar surface area (TPSA) is 91.6 Å². The first kappa shape index (κ1) is 15.3. The number of rotatable bonds is 5. The van der Waals surface area contributed by atoms with Crippen LogP contribution in [0.3, 0.4) is 0 Å². The van der Waals surface area contributed by atoms with Crippen LogP contribution in [0, 0.1) is 0 Å². The van der Waals surface area contributed by atoms with Gasteiger partial charge in [-0.05, 0) is 45.8 Å². The highest BCUT2D eigenvalue weighted by molar-refractivity contribution is 9.10. The Labute approximate surface area is 129 Å². The summed E-state index contributed by atoms with van der Waals surface area (Å²) >= 11 is 3.09. The molecule has 0 aliphatic rings. The van der Waals surface area contributed by atoms with Crippen molar-refractivity contribution in [1.82, 2.24) is 5.32 Å². The lowest BCUT2D eigenvalue weighted by atomic mass is 10.2. The average Bonchev–Trinajstić information content (AvgIpc) is 2.92. The first-order chi connectivity index (χ1) is 10.1. The molecule has 1 heterocycles. The van der Waals surface area contributed by atoms with Gasteiger partial charge in [0.2, 0.25) is 5.91 Å². The van der Waals surface area contributed by atoms with Crippen LogP contribution in [0.25, 0.3) is 0 Å². The highest BCUT2D eigenvalue weighted by atomic mass is 79.9. The van der Waals surface area contributed by atoms with Crippen LogP contribution in [0.5, 0.6) is 0 Å². The van der Waals surface area contributed by atoms with E-state index >= 15 is 0 Å². The number of benzene rings is 1. The van der Waals surface area contributed by atoms with Crippen molar-refractivity contribution in [2.75, 3.05) is 11.9 Å². The van der Waals surface area contributed by atoms with Crippen molar-refractivity contribution < 1.29 is 19.1 Å². The van der Waals surface area contributed by atoms with Crippen LogP contribution in [0.1, 0.15) is 16.1 Å². The van der Waals surface area contributed by atoms with Gasteiger partial charge in [-0.25, -0.2) is 0 Å². The molecule has 0 radical (unpaired) electrons. The molecule has 110 valence electrons. The summed E-state index contributed by atoms with van der Waals surface area (Å²) in [5.74, 6) is -0.695. The van der Waals surface area contributed by atoms with Gasteiger partial charge in [0.1, 0.15) is 0 Å². The highest BCUT2D eigenvalue weighted by Gasteiger charge is 2.11. The number of hydrogen-bond donors (Lipinski definition) is 3. The molecule has 0 bridgehead atoms. The molecule has 1 aromatic heterocycles. The minimum atomic E-state index is -0.466. The molecular weight excluding hydrogens is 340 g/mol. The van der Waals surface area contributed by atoms with E-state index in [1.54, 1.807) is 30.3 Å². The largest absolute Gasteiger partial charge is 0.444 e. The summed E-state index contributed by atoms with van der Waals surface area (Å²) in [6, 6.07) is 9.86. The van der Waals surface area contributed by atoms with E-state index in [-0.39, 0.29) is 24.8 Å². The van der Waals surface area contributed by atoms with Crippen molar-refractivity contribution in [1.29, 1.82) is 0 Å². The number of aliphatic hydroxyl groups excluding tert-OH is 1. The number of amides is 2. The second-order valence-electron chi connectivity index (χ2n) is 4.19. The van der Waals surface area contributed by atoms with E-state index in [9.17, 15) is 9.59 Å². The van der Waals surface area contributed by atoms with Gasteiger partial charge in [-0.1, -0.05) is 12.1 Å². The van der Waals surface area contributed by atoms with E-state index in [0.717, 1.165) is 5.56 Å². The Hall–Kier alpha value is -2.12. The van der Waals surface area contributed by atoms with Gasteiger partial charge in [0.05, 0.1) is 13.2 Å².